The average Bonchev–Trinajstić information content (AvgIpc) is 2.03. The van der Waals surface area contributed by atoms with E-state index in [4.69, 9.17) is 5.73 Å². The minimum Gasteiger partial charge on any atom is -0.469 e. The predicted octanol–water partition coefficient (Wildman–Crippen LogP) is 1.41. The van der Waals surface area contributed by atoms with E-state index in [1.54, 1.807) is 11.8 Å². The Morgan fingerprint density at radius 3 is 2.62 bits per heavy atom. The highest BCUT2D eigenvalue weighted by atomic mass is 32.2. The van der Waals surface area contributed by atoms with Crippen LogP contribution in [0.15, 0.2) is 0 Å². The van der Waals surface area contributed by atoms with Crippen molar-refractivity contribution in [1.82, 2.24) is 0 Å². The number of carbonyl (C=O) groups is 1. The number of methoxy groups -OCH3 is 1. The number of thioether (sulfide) groups is 1. The third kappa shape index (κ3) is 8.12. The number of rotatable bonds is 6. The summed E-state index contributed by atoms with van der Waals surface area (Å²) < 4.78 is 4.57. The van der Waals surface area contributed by atoms with Gasteiger partial charge in [0, 0.05) is 11.3 Å². The summed E-state index contributed by atoms with van der Waals surface area (Å²) in [5, 5.41) is 0.325. The molecular formula is C9H19NO2S. The fourth-order valence-electron chi connectivity index (χ4n) is 0.832. The fourth-order valence-corrected chi connectivity index (χ4v) is 2.00. The third-order valence-corrected chi connectivity index (χ3v) is 2.86. The quantitative estimate of drug-likeness (QED) is 0.666. The Labute approximate surface area is 84.4 Å². The summed E-state index contributed by atoms with van der Waals surface area (Å²) in [4.78, 5) is 10.9. The van der Waals surface area contributed by atoms with Crippen molar-refractivity contribution in [3.63, 3.8) is 0 Å². The summed E-state index contributed by atoms with van der Waals surface area (Å²) in [6, 6.07) is 0.248. The molecule has 4 heteroatoms. The van der Waals surface area contributed by atoms with Gasteiger partial charge in [0.15, 0.2) is 0 Å². The second-order valence-electron chi connectivity index (χ2n) is 3.23. The molecule has 0 aliphatic carbocycles. The zero-order chi connectivity index (χ0) is 10.3. The van der Waals surface area contributed by atoms with Gasteiger partial charge in [0.05, 0.1) is 13.5 Å². The molecule has 0 aromatic carbocycles. The molecule has 0 radical (unpaired) electrons. The first kappa shape index (κ1) is 12.8. The molecule has 0 aliphatic rings. The molecule has 2 atom stereocenters. The number of esters is 1. The molecule has 0 bridgehead atoms. The Morgan fingerprint density at radius 2 is 2.15 bits per heavy atom. The van der Waals surface area contributed by atoms with E-state index in [2.05, 4.69) is 4.74 Å². The molecule has 3 nitrogen and oxygen atoms in total. The van der Waals surface area contributed by atoms with Gasteiger partial charge < -0.3 is 10.5 Å². The van der Waals surface area contributed by atoms with Gasteiger partial charge >= 0.3 is 5.97 Å². The monoisotopic (exact) mass is 205 g/mol. The molecule has 0 heterocycles. The molecule has 0 amide bonds. The molecule has 0 saturated carbocycles. The van der Waals surface area contributed by atoms with Crippen LogP contribution < -0.4 is 5.73 Å². The zero-order valence-electron chi connectivity index (χ0n) is 8.58. The molecule has 0 rings (SSSR count). The molecule has 0 aromatic rings. The Balaban J connectivity index is 3.40. The Hall–Kier alpha value is -0.220. The van der Waals surface area contributed by atoms with Crippen LogP contribution in [0, 0.1) is 0 Å². The van der Waals surface area contributed by atoms with Crippen LogP contribution in [-0.4, -0.2) is 30.1 Å². The van der Waals surface area contributed by atoms with Gasteiger partial charge in [0.25, 0.3) is 0 Å². The SMILES string of the molecule is COC(=O)CC(C)SCCC(C)N. The van der Waals surface area contributed by atoms with Crippen molar-refractivity contribution >= 4 is 17.7 Å². The van der Waals surface area contributed by atoms with Crippen LogP contribution in [0.25, 0.3) is 0 Å². The first-order valence-electron chi connectivity index (χ1n) is 4.50. The van der Waals surface area contributed by atoms with E-state index >= 15 is 0 Å². The minimum atomic E-state index is -0.138. The molecule has 0 aliphatic heterocycles. The lowest BCUT2D eigenvalue weighted by molar-refractivity contribution is -0.140. The van der Waals surface area contributed by atoms with Gasteiger partial charge in [-0.1, -0.05) is 6.92 Å². The normalized spacial score (nSPS) is 15.1. The Kier molecular flexibility index (Phi) is 7.09. The maximum Gasteiger partial charge on any atom is 0.306 e. The van der Waals surface area contributed by atoms with Gasteiger partial charge in [-0.3, -0.25) is 4.79 Å². The van der Waals surface area contributed by atoms with Crippen molar-refractivity contribution in [2.75, 3.05) is 12.9 Å². The minimum absolute atomic E-state index is 0.138. The van der Waals surface area contributed by atoms with E-state index in [1.807, 2.05) is 13.8 Å². The van der Waals surface area contributed by atoms with Crippen LogP contribution >= 0.6 is 11.8 Å². The Bertz CT molecular complexity index is 151. The van der Waals surface area contributed by atoms with Crippen LogP contribution in [0.1, 0.15) is 26.7 Å². The summed E-state index contributed by atoms with van der Waals surface area (Å²) in [6.07, 6.45) is 1.48. The van der Waals surface area contributed by atoms with E-state index in [0.717, 1.165) is 12.2 Å². The van der Waals surface area contributed by atoms with Gasteiger partial charge in [0.1, 0.15) is 0 Å². The number of ether oxygens (including phenoxy) is 1. The first-order chi connectivity index (χ1) is 6.06. The molecule has 13 heavy (non-hydrogen) atoms. The van der Waals surface area contributed by atoms with Crippen molar-refractivity contribution < 1.29 is 9.53 Å². The highest BCUT2D eigenvalue weighted by Gasteiger charge is 2.09. The van der Waals surface area contributed by atoms with Crippen molar-refractivity contribution in [3.8, 4) is 0 Å². The predicted molar refractivity (Wildman–Crippen MR) is 56.8 cm³/mol. The van der Waals surface area contributed by atoms with Gasteiger partial charge in [-0.25, -0.2) is 0 Å². The fraction of sp³-hybridized carbons (Fsp3) is 0.889. The van der Waals surface area contributed by atoms with Crippen molar-refractivity contribution in [2.45, 2.75) is 38.0 Å². The van der Waals surface area contributed by atoms with Crippen LogP contribution in [0.3, 0.4) is 0 Å². The standard InChI is InChI=1S/C9H19NO2S/c1-7(10)4-5-13-8(2)6-9(11)12-3/h7-8H,4-6,10H2,1-3H3. The van der Waals surface area contributed by atoms with Gasteiger partial charge in [-0.2, -0.15) is 11.8 Å². The summed E-state index contributed by atoms with van der Waals surface area (Å²) in [7, 11) is 1.42. The first-order valence-corrected chi connectivity index (χ1v) is 5.55. The maximum absolute atomic E-state index is 10.9. The molecule has 78 valence electrons. The zero-order valence-corrected chi connectivity index (χ0v) is 9.39. The van der Waals surface area contributed by atoms with Crippen LogP contribution in [-0.2, 0) is 9.53 Å². The third-order valence-electron chi connectivity index (χ3n) is 1.66. The average molecular weight is 205 g/mol. The van der Waals surface area contributed by atoms with E-state index in [-0.39, 0.29) is 12.0 Å². The number of nitrogens with two attached hydrogens (primary N) is 1. The van der Waals surface area contributed by atoms with Gasteiger partial charge in [-0.05, 0) is 19.1 Å². The molecule has 0 spiro atoms. The van der Waals surface area contributed by atoms with Crippen molar-refractivity contribution in [3.05, 3.63) is 0 Å². The largest absolute Gasteiger partial charge is 0.469 e. The number of hydrogen-bond acceptors (Lipinski definition) is 4. The Morgan fingerprint density at radius 1 is 1.54 bits per heavy atom. The summed E-state index contributed by atoms with van der Waals surface area (Å²) in [5.74, 6) is 0.872. The van der Waals surface area contributed by atoms with E-state index in [9.17, 15) is 4.79 Å². The second kappa shape index (κ2) is 7.21. The molecule has 2 N–H and O–H groups in total. The van der Waals surface area contributed by atoms with Crippen molar-refractivity contribution in [1.29, 1.82) is 0 Å². The smallest absolute Gasteiger partial charge is 0.306 e. The lowest BCUT2D eigenvalue weighted by Crippen LogP contribution is -2.16. The second-order valence-corrected chi connectivity index (χ2v) is 4.77. The van der Waals surface area contributed by atoms with Crippen molar-refractivity contribution in [2.24, 2.45) is 5.73 Å². The topological polar surface area (TPSA) is 52.3 Å². The molecule has 0 saturated heterocycles. The molecule has 0 fully saturated rings. The maximum atomic E-state index is 10.9. The van der Waals surface area contributed by atoms with Crippen LogP contribution in [0.4, 0.5) is 0 Å². The summed E-state index contributed by atoms with van der Waals surface area (Å²) in [5.41, 5.74) is 5.60. The van der Waals surface area contributed by atoms with Crippen LogP contribution in [0.2, 0.25) is 0 Å². The highest BCUT2D eigenvalue weighted by Crippen LogP contribution is 2.15. The molecule has 2 unspecified atom stereocenters. The molecular weight excluding hydrogens is 186 g/mol. The van der Waals surface area contributed by atoms with Crippen LogP contribution in [0.5, 0.6) is 0 Å². The molecule has 0 aromatic heterocycles. The van der Waals surface area contributed by atoms with Gasteiger partial charge in [-0.15, -0.1) is 0 Å². The number of hydrogen-bond donors (Lipinski definition) is 1. The van der Waals surface area contributed by atoms with Gasteiger partial charge in [0.2, 0.25) is 0 Å². The van der Waals surface area contributed by atoms with E-state index < -0.39 is 0 Å². The van der Waals surface area contributed by atoms with E-state index in [0.29, 0.717) is 11.7 Å². The van der Waals surface area contributed by atoms with E-state index in [1.165, 1.54) is 7.11 Å². The summed E-state index contributed by atoms with van der Waals surface area (Å²) in [6.45, 7) is 4.02. The lowest BCUT2D eigenvalue weighted by Gasteiger charge is -2.10. The summed E-state index contributed by atoms with van der Waals surface area (Å²) >= 11 is 1.77. The highest BCUT2D eigenvalue weighted by molar-refractivity contribution is 7.99. The lowest BCUT2D eigenvalue weighted by atomic mass is 10.3. The number of carbonyl (C=O) groups excluding carboxylic acids is 1.